The predicted molar refractivity (Wildman–Crippen MR) is 106 cm³/mol. The van der Waals surface area contributed by atoms with Crippen LogP contribution in [0.15, 0.2) is 60.7 Å². The van der Waals surface area contributed by atoms with Crippen LogP contribution in [0.25, 0.3) is 0 Å². The molecule has 0 aliphatic heterocycles. The second-order valence-corrected chi connectivity index (χ2v) is 6.44. The van der Waals surface area contributed by atoms with Gasteiger partial charge in [0.1, 0.15) is 13.2 Å². The van der Waals surface area contributed by atoms with Crippen molar-refractivity contribution in [3.8, 4) is 0 Å². The fourth-order valence-electron chi connectivity index (χ4n) is 2.67. The zero-order valence-corrected chi connectivity index (χ0v) is 16.5. The van der Waals surface area contributed by atoms with Gasteiger partial charge in [0.15, 0.2) is 5.92 Å². The number of ether oxygens (including phenoxy) is 3. The number of hydrogen-bond donors (Lipinski definition) is 0. The topological polar surface area (TPSA) is 78.9 Å². The van der Waals surface area contributed by atoms with Crippen molar-refractivity contribution < 1.29 is 28.6 Å². The van der Waals surface area contributed by atoms with Crippen molar-refractivity contribution in [3.63, 3.8) is 0 Å². The minimum atomic E-state index is -1.09. The highest BCUT2D eigenvalue weighted by molar-refractivity contribution is 5.94. The molecular formula is C23H26O6. The molecule has 0 unspecified atom stereocenters. The summed E-state index contributed by atoms with van der Waals surface area (Å²) in [5.74, 6) is -2.76. The Morgan fingerprint density at radius 2 is 1.24 bits per heavy atom. The zero-order chi connectivity index (χ0) is 20.9. The normalized spacial score (nSPS) is 10.4. The number of rotatable bonds is 11. The molecule has 6 nitrogen and oxygen atoms in total. The maximum Gasteiger partial charge on any atom is 0.320 e. The molecule has 2 rings (SSSR count). The summed E-state index contributed by atoms with van der Waals surface area (Å²) in [6.45, 7) is 2.16. The maximum absolute atomic E-state index is 12.5. The van der Waals surface area contributed by atoms with Gasteiger partial charge >= 0.3 is 17.9 Å². The minimum absolute atomic E-state index is 0.0695. The van der Waals surface area contributed by atoms with Gasteiger partial charge in [0.2, 0.25) is 0 Å². The molecule has 0 heterocycles. The third-order valence-electron chi connectivity index (χ3n) is 4.20. The maximum atomic E-state index is 12.5. The fourth-order valence-corrected chi connectivity index (χ4v) is 2.67. The molecule has 0 aliphatic carbocycles. The van der Waals surface area contributed by atoms with Gasteiger partial charge in [-0.3, -0.25) is 14.4 Å². The summed E-state index contributed by atoms with van der Waals surface area (Å²) >= 11 is 0. The Morgan fingerprint density at radius 1 is 0.759 bits per heavy atom. The van der Waals surface area contributed by atoms with Crippen molar-refractivity contribution >= 4 is 17.9 Å². The van der Waals surface area contributed by atoms with Gasteiger partial charge in [0.25, 0.3) is 0 Å². The molecule has 0 saturated carbocycles. The van der Waals surface area contributed by atoms with Crippen molar-refractivity contribution in [2.45, 2.75) is 39.4 Å². The number of hydrogen-bond acceptors (Lipinski definition) is 6. The van der Waals surface area contributed by atoms with Crippen LogP contribution in [-0.2, 0) is 41.8 Å². The highest BCUT2D eigenvalue weighted by atomic mass is 16.6. The molecular weight excluding hydrogens is 372 g/mol. The van der Waals surface area contributed by atoms with E-state index in [0.717, 1.165) is 11.1 Å². The van der Waals surface area contributed by atoms with Crippen LogP contribution in [0.5, 0.6) is 0 Å². The molecule has 0 bridgehead atoms. The van der Waals surface area contributed by atoms with Crippen molar-refractivity contribution in [2.24, 2.45) is 5.92 Å². The molecule has 0 radical (unpaired) electrons. The zero-order valence-electron chi connectivity index (χ0n) is 16.5. The largest absolute Gasteiger partial charge is 0.466 e. The number of benzene rings is 2. The van der Waals surface area contributed by atoms with Gasteiger partial charge in [-0.1, -0.05) is 60.7 Å². The molecule has 29 heavy (non-hydrogen) atoms. The van der Waals surface area contributed by atoms with Crippen molar-refractivity contribution in [2.75, 3.05) is 6.61 Å². The van der Waals surface area contributed by atoms with E-state index >= 15 is 0 Å². The molecule has 154 valence electrons. The van der Waals surface area contributed by atoms with Crippen LogP contribution in [0.2, 0.25) is 0 Å². The van der Waals surface area contributed by atoms with E-state index in [9.17, 15) is 14.4 Å². The summed E-state index contributed by atoms with van der Waals surface area (Å²) in [5.41, 5.74) is 1.65. The highest BCUT2D eigenvalue weighted by Crippen LogP contribution is 2.16. The van der Waals surface area contributed by atoms with Crippen LogP contribution >= 0.6 is 0 Å². The van der Waals surface area contributed by atoms with Crippen LogP contribution in [-0.4, -0.2) is 24.5 Å². The lowest BCUT2D eigenvalue weighted by atomic mass is 10.0. The van der Waals surface area contributed by atoms with E-state index in [-0.39, 0.29) is 32.0 Å². The fraction of sp³-hybridized carbons (Fsp3) is 0.348. The van der Waals surface area contributed by atoms with Gasteiger partial charge < -0.3 is 14.2 Å². The highest BCUT2D eigenvalue weighted by Gasteiger charge is 2.30. The summed E-state index contributed by atoms with van der Waals surface area (Å²) in [7, 11) is 0. The minimum Gasteiger partial charge on any atom is -0.466 e. The lowest BCUT2D eigenvalue weighted by Gasteiger charge is -2.15. The predicted octanol–water partition coefficient (Wildman–Crippen LogP) is 3.82. The van der Waals surface area contributed by atoms with E-state index in [1.165, 1.54) is 0 Å². The van der Waals surface area contributed by atoms with Crippen LogP contribution in [0, 0.1) is 5.92 Å². The number of esters is 3. The van der Waals surface area contributed by atoms with Crippen LogP contribution < -0.4 is 0 Å². The molecule has 0 spiro atoms. The van der Waals surface area contributed by atoms with Gasteiger partial charge in [-0.05, 0) is 30.9 Å². The Kier molecular flexibility index (Phi) is 9.42. The van der Waals surface area contributed by atoms with Crippen molar-refractivity contribution in [1.29, 1.82) is 0 Å². The van der Waals surface area contributed by atoms with E-state index in [1.54, 1.807) is 6.92 Å². The van der Waals surface area contributed by atoms with Crippen molar-refractivity contribution in [3.05, 3.63) is 71.8 Å². The van der Waals surface area contributed by atoms with Crippen molar-refractivity contribution in [1.82, 2.24) is 0 Å². The Hall–Kier alpha value is -3.15. The third-order valence-corrected chi connectivity index (χ3v) is 4.20. The van der Waals surface area contributed by atoms with Gasteiger partial charge in [-0.2, -0.15) is 0 Å². The average molecular weight is 398 g/mol. The quantitative estimate of drug-likeness (QED) is 0.325. The molecule has 0 atom stereocenters. The Morgan fingerprint density at radius 3 is 1.69 bits per heavy atom. The van der Waals surface area contributed by atoms with E-state index in [0.29, 0.717) is 13.0 Å². The summed E-state index contributed by atoms with van der Waals surface area (Å²) in [6, 6.07) is 18.4. The first-order valence-corrected chi connectivity index (χ1v) is 9.67. The third kappa shape index (κ3) is 8.17. The number of carbonyl (C=O) groups is 3. The molecule has 0 fully saturated rings. The summed E-state index contributed by atoms with van der Waals surface area (Å²) < 4.78 is 15.5. The molecule has 2 aromatic carbocycles. The number of carbonyl (C=O) groups excluding carboxylic acids is 3. The van der Waals surface area contributed by atoms with Gasteiger partial charge in [0.05, 0.1) is 6.61 Å². The van der Waals surface area contributed by atoms with E-state index < -0.39 is 17.9 Å². The Balaban J connectivity index is 1.93. The second kappa shape index (κ2) is 12.3. The SMILES string of the molecule is CCOC(=O)CCCC(C(=O)OCc1ccccc1)C(=O)OCc1ccccc1. The van der Waals surface area contributed by atoms with Crippen LogP contribution in [0.3, 0.4) is 0 Å². The monoisotopic (exact) mass is 398 g/mol. The summed E-state index contributed by atoms with van der Waals surface area (Å²) in [4.78, 5) is 36.6. The second-order valence-electron chi connectivity index (χ2n) is 6.44. The Labute approximate surface area is 170 Å². The smallest absolute Gasteiger partial charge is 0.320 e. The molecule has 0 aromatic heterocycles. The van der Waals surface area contributed by atoms with Gasteiger partial charge in [-0.15, -0.1) is 0 Å². The van der Waals surface area contributed by atoms with Crippen LogP contribution in [0.4, 0.5) is 0 Å². The van der Waals surface area contributed by atoms with Gasteiger partial charge in [-0.25, -0.2) is 0 Å². The molecule has 0 saturated heterocycles. The summed E-state index contributed by atoms with van der Waals surface area (Å²) in [6.07, 6.45) is 0.604. The standard InChI is InChI=1S/C23H26O6/c1-2-27-21(24)15-9-14-20(22(25)28-16-18-10-5-3-6-11-18)23(26)29-17-19-12-7-4-8-13-19/h3-8,10-13,20H,2,9,14-17H2,1H3. The molecule has 6 heteroatoms. The molecule has 0 aliphatic rings. The molecule has 0 N–H and O–H groups in total. The van der Waals surface area contributed by atoms with Crippen LogP contribution in [0.1, 0.15) is 37.3 Å². The van der Waals surface area contributed by atoms with Gasteiger partial charge in [0, 0.05) is 6.42 Å². The first kappa shape index (κ1) is 22.1. The lowest BCUT2D eigenvalue weighted by molar-refractivity contribution is -0.164. The van der Waals surface area contributed by atoms with E-state index in [4.69, 9.17) is 14.2 Å². The average Bonchev–Trinajstić information content (AvgIpc) is 2.75. The first-order chi connectivity index (χ1) is 14.1. The molecule has 2 aromatic rings. The lowest BCUT2D eigenvalue weighted by Crippen LogP contribution is -2.28. The first-order valence-electron chi connectivity index (χ1n) is 9.67. The van der Waals surface area contributed by atoms with E-state index in [1.807, 2.05) is 60.7 Å². The molecule has 0 amide bonds. The van der Waals surface area contributed by atoms with E-state index in [2.05, 4.69) is 0 Å². The summed E-state index contributed by atoms with van der Waals surface area (Å²) in [5, 5.41) is 0. The Bertz CT molecular complexity index is 717.